The van der Waals surface area contributed by atoms with E-state index in [4.69, 9.17) is 0 Å². The second-order valence-corrected chi connectivity index (χ2v) is 6.22. The molecule has 1 heterocycles. The van der Waals surface area contributed by atoms with Crippen LogP contribution in [0.3, 0.4) is 0 Å². The molecule has 2 aromatic rings. The number of benzene rings is 1. The van der Waals surface area contributed by atoms with Crippen LogP contribution >= 0.6 is 15.9 Å². The van der Waals surface area contributed by atoms with Crippen molar-refractivity contribution in [3.63, 3.8) is 0 Å². The van der Waals surface area contributed by atoms with E-state index in [1.807, 2.05) is 25.3 Å². The molecule has 1 aromatic heterocycles. The fraction of sp³-hybridized carbons (Fsp3) is 0.429. The standard InChI is InChI=1S/C14H16BrF2N3/c1-8-5-9(11(17)6-10(8)16)13-19-18-12(7-15)20(13)14(2,3)4/h5-6H,7H2,1-4H3. The molecular formula is C14H16BrF2N3. The van der Waals surface area contributed by atoms with Crippen LogP contribution in [0.5, 0.6) is 0 Å². The second-order valence-electron chi connectivity index (χ2n) is 5.66. The van der Waals surface area contributed by atoms with Crippen LogP contribution in [0.1, 0.15) is 32.2 Å². The van der Waals surface area contributed by atoms with Gasteiger partial charge in [-0.3, -0.25) is 0 Å². The lowest BCUT2D eigenvalue weighted by Crippen LogP contribution is -2.25. The Hall–Kier alpha value is -1.30. The summed E-state index contributed by atoms with van der Waals surface area (Å²) in [5.41, 5.74) is 0.334. The molecule has 0 aliphatic rings. The average molecular weight is 344 g/mol. The van der Waals surface area contributed by atoms with Crippen LogP contribution in [0, 0.1) is 18.6 Å². The molecule has 0 N–H and O–H groups in total. The van der Waals surface area contributed by atoms with Gasteiger partial charge in [0.15, 0.2) is 5.82 Å². The van der Waals surface area contributed by atoms with Crippen LogP contribution in [0.15, 0.2) is 12.1 Å². The van der Waals surface area contributed by atoms with Gasteiger partial charge in [0.1, 0.15) is 17.5 Å². The van der Waals surface area contributed by atoms with Crippen molar-refractivity contribution < 1.29 is 8.78 Å². The summed E-state index contributed by atoms with van der Waals surface area (Å²) in [5, 5.41) is 8.67. The van der Waals surface area contributed by atoms with E-state index in [2.05, 4.69) is 26.1 Å². The lowest BCUT2D eigenvalue weighted by Gasteiger charge is -2.24. The molecule has 108 valence electrons. The van der Waals surface area contributed by atoms with Crippen molar-refractivity contribution >= 4 is 15.9 Å². The summed E-state index contributed by atoms with van der Waals surface area (Å²) >= 11 is 3.35. The Bertz CT molecular complexity index is 645. The largest absolute Gasteiger partial charge is 0.305 e. The maximum atomic E-state index is 14.1. The highest BCUT2D eigenvalue weighted by Crippen LogP contribution is 2.30. The van der Waals surface area contributed by atoms with Gasteiger partial charge in [-0.25, -0.2) is 8.78 Å². The molecule has 0 spiro atoms. The third-order valence-corrected chi connectivity index (χ3v) is 3.51. The van der Waals surface area contributed by atoms with E-state index in [9.17, 15) is 8.78 Å². The number of aryl methyl sites for hydroxylation is 1. The molecule has 0 radical (unpaired) electrons. The zero-order chi connectivity index (χ0) is 15.1. The molecule has 3 nitrogen and oxygen atoms in total. The number of rotatable bonds is 2. The molecule has 0 aliphatic carbocycles. The topological polar surface area (TPSA) is 30.7 Å². The Morgan fingerprint density at radius 3 is 2.35 bits per heavy atom. The van der Waals surface area contributed by atoms with Crippen LogP contribution in [0.25, 0.3) is 11.4 Å². The summed E-state index contributed by atoms with van der Waals surface area (Å²) in [6.45, 7) is 7.56. The van der Waals surface area contributed by atoms with E-state index in [1.54, 1.807) is 6.92 Å². The zero-order valence-corrected chi connectivity index (χ0v) is 13.4. The van der Waals surface area contributed by atoms with Crippen LogP contribution < -0.4 is 0 Å². The van der Waals surface area contributed by atoms with E-state index in [-0.39, 0.29) is 11.1 Å². The molecule has 0 saturated heterocycles. The highest BCUT2D eigenvalue weighted by Gasteiger charge is 2.25. The van der Waals surface area contributed by atoms with Gasteiger partial charge in [-0.05, 0) is 39.3 Å². The first-order valence-corrected chi connectivity index (χ1v) is 7.34. The molecule has 0 atom stereocenters. The van der Waals surface area contributed by atoms with Crippen molar-refractivity contribution in [2.24, 2.45) is 0 Å². The first kappa shape index (κ1) is 15.1. The van der Waals surface area contributed by atoms with Gasteiger partial charge in [-0.15, -0.1) is 10.2 Å². The van der Waals surface area contributed by atoms with Crippen LogP contribution in [0.4, 0.5) is 8.78 Å². The fourth-order valence-electron chi connectivity index (χ4n) is 2.11. The minimum atomic E-state index is -0.632. The SMILES string of the molecule is Cc1cc(-c2nnc(CBr)n2C(C)(C)C)c(F)cc1F. The first-order chi connectivity index (χ1) is 9.25. The maximum absolute atomic E-state index is 14.1. The predicted molar refractivity (Wildman–Crippen MR) is 77.7 cm³/mol. The Morgan fingerprint density at radius 1 is 1.15 bits per heavy atom. The Morgan fingerprint density at radius 2 is 1.80 bits per heavy atom. The molecule has 0 fully saturated rings. The van der Waals surface area contributed by atoms with Gasteiger partial charge in [0, 0.05) is 11.6 Å². The summed E-state index contributed by atoms with van der Waals surface area (Å²) < 4.78 is 29.3. The van der Waals surface area contributed by atoms with E-state index < -0.39 is 11.6 Å². The minimum absolute atomic E-state index is 0.263. The molecule has 0 aliphatic heterocycles. The van der Waals surface area contributed by atoms with Crippen molar-refractivity contribution in [1.29, 1.82) is 0 Å². The number of halogens is 3. The first-order valence-electron chi connectivity index (χ1n) is 6.22. The molecule has 6 heteroatoms. The summed E-state index contributed by atoms with van der Waals surface area (Å²) in [6, 6.07) is 2.36. The van der Waals surface area contributed by atoms with Crippen molar-refractivity contribution in [1.82, 2.24) is 14.8 Å². The predicted octanol–water partition coefficient (Wildman–Crippen LogP) is 4.18. The summed E-state index contributed by atoms with van der Waals surface area (Å²) in [5.74, 6) is -0.0812. The molecular weight excluding hydrogens is 328 g/mol. The van der Waals surface area contributed by atoms with Gasteiger partial charge >= 0.3 is 0 Å². The van der Waals surface area contributed by atoms with Gasteiger partial charge in [0.05, 0.1) is 10.9 Å². The highest BCUT2D eigenvalue weighted by molar-refractivity contribution is 9.08. The summed E-state index contributed by atoms with van der Waals surface area (Å²) in [6.07, 6.45) is 0. The van der Waals surface area contributed by atoms with Gasteiger partial charge < -0.3 is 4.57 Å². The molecule has 1 aromatic carbocycles. The van der Waals surface area contributed by atoms with Gasteiger partial charge in [-0.2, -0.15) is 0 Å². The van der Waals surface area contributed by atoms with E-state index in [1.165, 1.54) is 6.07 Å². The quantitative estimate of drug-likeness (QED) is 0.765. The van der Waals surface area contributed by atoms with Crippen LogP contribution in [-0.4, -0.2) is 14.8 Å². The maximum Gasteiger partial charge on any atom is 0.167 e. The van der Waals surface area contributed by atoms with E-state index in [0.717, 1.165) is 6.07 Å². The lowest BCUT2D eigenvalue weighted by molar-refractivity contribution is 0.390. The number of nitrogens with zero attached hydrogens (tertiary/aromatic N) is 3. The van der Waals surface area contributed by atoms with Crippen molar-refractivity contribution in [3.05, 3.63) is 35.2 Å². The normalized spacial score (nSPS) is 11.9. The van der Waals surface area contributed by atoms with Gasteiger partial charge in [0.25, 0.3) is 0 Å². The van der Waals surface area contributed by atoms with Crippen LogP contribution in [0.2, 0.25) is 0 Å². The Balaban J connectivity index is 2.71. The van der Waals surface area contributed by atoms with Crippen molar-refractivity contribution in [3.8, 4) is 11.4 Å². The van der Waals surface area contributed by atoms with Crippen molar-refractivity contribution in [2.45, 2.75) is 38.6 Å². The monoisotopic (exact) mass is 343 g/mol. The summed E-state index contributed by atoms with van der Waals surface area (Å²) in [4.78, 5) is 0. The number of alkyl halides is 1. The number of aromatic nitrogens is 3. The number of hydrogen-bond acceptors (Lipinski definition) is 2. The lowest BCUT2D eigenvalue weighted by atomic mass is 10.1. The summed E-state index contributed by atoms with van der Waals surface area (Å²) in [7, 11) is 0. The van der Waals surface area contributed by atoms with Crippen molar-refractivity contribution in [2.75, 3.05) is 0 Å². The zero-order valence-electron chi connectivity index (χ0n) is 11.8. The van der Waals surface area contributed by atoms with E-state index in [0.29, 0.717) is 22.5 Å². The average Bonchev–Trinajstić information content (AvgIpc) is 2.77. The van der Waals surface area contributed by atoms with Gasteiger partial charge in [-0.1, -0.05) is 15.9 Å². The Labute approximate surface area is 125 Å². The molecule has 0 unspecified atom stereocenters. The van der Waals surface area contributed by atoms with E-state index >= 15 is 0 Å². The van der Waals surface area contributed by atoms with Crippen LogP contribution in [-0.2, 0) is 10.9 Å². The highest BCUT2D eigenvalue weighted by atomic mass is 79.9. The molecule has 0 saturated carbocycles. The third-order valence-electron chi connectivity index (χ3n) is 3.01. The van der Waals surface area contributed by atoms with Gasteiger partial charge in [0.2, 0.25) is 0 Å². The fourth-order valence-corrected chi connectivity index (χ4v) is 2.47. The minimum Gasteiger partial charge on any atom is -0.305 e. The Kier molecular flexibility index (Phi) is 3.95. The number of hydrogen-bond donors (Lipinski definition) is 0. The molecule has 0 amide bonds. The second kappa shape index (κ2) is 5.24. The molecule has 2 rings (SSSR count). The molecule has 0 bridgehead atoms. The smallest absolute Gasteiger partial charge is 0.167 e. The third kappa shape index (κ3) is 2.61. The molecule has 20 heavy (non-hydrogen) atoms.